The number of halogens is 4. The second-order valence-electron chi connectivity index (χ2n) is 2.87. The SMILES string of the molecule is O=C(CCCl)c1cccc(C(F)F)c1F. The minimum atomic E-state index is -2.92. The van der Waals surface area contributed by atoms with Crippen molar-refractivity contribution in [3.63, 3.8) is 0 Å². The first-order valence-corrected chi connectivity index (χ1v) is 4.77. The van der Waals surface area contributed by atoms with E-state index in [1.54, 1.807) is 0 Å². The Morgan fingerprint density at radius 3 is 2.60 bits per heavy atom. The lowest BCUT2D eigenvalue weighted by molar-refractivity contribution is 0.0983. The first-order chi connectivity index (χ1) is 7.07. The zero-order valence-electron chi connectivity index (χ0n) is 7.64. The number of hydrogen-bond donors (Lipinski definition) is 0. The average molecular weight is 237 g/mol. The van der Waals surface area contributed by atoms with Crippen LogP contribution in [-0.2, 0) is 0 Å². The first kappa shape index (κ1) is 12.0. The van der Waals surface area contributed by atoms with Crippen LogP contribution >= 0.6 is 11.6 Å². The van der Waals surface area contributed by atoms with Crippen molar-refractivity contribution < 1.29 is 18.0 Å². The minimum Gasteiger partial charge on any atom is -0.294 e. The molecule has 1 rings (SSSR count). The Balaban J connectivity index is 3.09. The molecule has 0 radical (unpaired) electrons. The number of rotatable bonds is 4. The molecule has 1 aromatic rings. The summed E-state index contributed by atoms with van der Waals surface area (Å²) in [5, 5.41) is 0. The van der Waals surface area contributed by atoms with Crippen molar-refractivity contribution in [2.45, 2.75) is 12.8 Å². The van der Waals surface area contributed by atoms with E-state index in [9.17, 15) is 18.0 Å². The lowest BCUT2D eigenvalue weighted by Gasteiger charge is -2.05. The fourth-order valence-electron chi connectivity index (χ4n) is 1.15. The Hall–Kier alpha value is -1.03. The molecule has 0 bridgehead atoms. The molecule has 0 saturated heterocycles. The van der Waals surface area contributed by atoms with Gasteiger partial charge in [0.2, 0.25) is 0 Å². The number of alkyl halides is 3. The Morgan fingerprint density at radius 1 is 1.40 bits per heavy atom. The molecule has 5 heteroatoms. The van der Waals surface area contributed by atoms with Crippen molar-refractivity contribution in [2.75, 3.05) is 5.88 Å². The van der Waals surface area contributed by atoms with Gasteiger partial charge in [0.05, 0.1) is 11.1 Å². The van der Waals surface area contributed by atoms with Gasteiger partial charge in [-0.25, -0.2) is 13.2 Å². The molecule has 0 spiro atoms. The van der Waals surface area contributed by atoms with Crippen LogP contribution in [-0.4, -0.2) is 11.7 Å². The highest BCUT2D eigenvalue weighted by molar-refractivity contribution is 6.19. The van der Waals surface area contributed by atoms with Crippen molar-refractivity contribution >= 4 is 17.4 Å². The summed E-state index contributed by atoms with van der Waals surface area (Å²) in [6.45, 7) is 0. The van der Waals surface area contributed by atoms with E-state index in [2.05, 4.69) is 0 Å². The quantitative estimate of drug-likeness (QED) is 0.577. The van der Waals surface area contributed by atoms with Crippen LogP contribution in [0.15, 0.2) is 18.2 Å². The molecule has 0 aliphatic carbocycles. The number of carbonyl (C=O) groups excluding carboxylic acids is 1. The van der Waals surface area contributed by atoms with Crippen LogP contribution in [0.5, 0.6) is 0 Å². The maximum atomic E-state index is 13.4. The predicted octanol–water partition coefficient (Wildman–Crippen LogP) is 3.57. The maximum Gasteiger partial charge on any atom is 0.266 e. The molecule has 0 amide bonds. The lowest BCUT2D eigenvalue weighted by atomic mass is 10.0. The van der Waals surface area contributed by atoms with Gasteiger partial charge in [-0.2, -0.15) is 0 Å². The van der Waals surface area contributed by atoms with Crippen LogP contribution in [0.1, 0.15) is 28.8 Å². The van der Waals surface area contributed by atoms with Gasteiger partial charge in [-0.05, 0) is 6.07 Å². The van der Waals surface area contributed by atoms with Crippen LogP contribution in [0.3, 0.4) is 0 Å². The van der Waals surface area contributed by atoms with Gasteiger partial charge >= 0.3 is 0 Å². The van der Waals surface area contributed by atoms with E-state index in [0.29, 0.717) is 0 Å². The Morgan fingerprint density at radius 2 is 2.07 bits per heavy atom. The van der Waals surface area contributed by atoms with Gasteiger partial charge in [-0.15, -0.1) is 11.6 Å². The van der Waals surface area contributed by atoms with E-state index < -0.39 is 23.6 Å². The summed E-state index contributed by atoms with van der Waals surface area (Å²) in [7, 11) is 0. The van der Waals surface area contributed by atoms with E-state index in [-0.39, 0.29) is 17.9 Å². The highest BCUT2D eigenvalue weighted by atomic mass is 35.5. The van der Waals surface area contributed by atoms with Crippen molar-refractivity contribution in [3.8, 4) is 0 Å². The summed E-state index contributed by atoms with van der Waals surface area (Å²) in [5.74, 6) is -1.68. The smallest absolute Gasteiger partial charge is 0.266 e. The highest BCUT2D eigenvalue weighted by Gasteiger charge is 2.19. The molecule has 0 heterocycles. The normalized spacial score (nSPS) is 10.7. The first-order valence-electron chi connectivity index (χ1n) is 4.23. The number of Topliss-reactive ketones (excluding diaryl/α,β-unsaturated/α-hetero) is 1. The average Bonchev–Trinajstić information content (AvgIpc) is 2.17. The monoisotopic (exact) mass is 236 g/mol. The molecule has 0 N–H and O–H groups in total. The van der Waals surface area contributed by atoms with Gasteiger partial charge in [0.25, 0.3) is 6.43 Å². The molecule has 82 valence electrons. The molecule has 0 saturated carbocycles. The van der Waals surface area contributed by atoms with Gasteiger partial charge in [-0.1, -0.05) is 12.1 Å². The Bertz CT molecular complexity index is 366. The zero-order chi connectivity index (χ0) is 11.4. The third-order valence-corrected chi connectivity index (χ3v) is 2.07. The Kier molecular flexibility index (Phi) is 4.15. The van der Waals surface area contributed by atoms with E-state index in [0.717, 1.165) is 6.07 Å². The third-order valence-electron chi connectivity index (χ3n) is 1.89. The van der Waals surface area contributed by atoms with Gasteiger partial charge < -0.3 is 0 Å². The topological polar surface area (TPSA) is 17.1 Å². The van der Waals surface area contributed by atoms with Crippen LogP contribution < -0.4 is 0 Å². The molecule has 0 aliphatic rings. The Labute approximate surface area is 89.9 Å². The summed E-state index contributed by atoms with van der Waals surface area (Å²) < 4.78 is 37.9. The third kappa shape index (κ3) is 2.72. The second kappa shape index (κ2) is 5.16. The fourth-order valence-corrected chi connectivity index (χ4v) is 1.33. The number of hydrogen-bond acceptors (Lipinski definition) is 1. The summed E-state index contributed by atoms with van der Waals surface area (Å²) in [6, 6.07) is 3.36. The molecule has 0 atom stereocenters. The summed E-state index contributed by atoms with van der Waals surface area (Å²) in [4.78, 5) is 11.3. The number of carbonyl (C=O) groups is 1. The number of ketones is 1. The van der Waals surface area contributed by atoms with Crippen molar-refractivity contribution in [2.24, 2.45) is 0 Å². The van der Waals surface area contributed by atoms with E-state index >= 15 is 0 Å². The largest absolute Gasteiger partial charge is 0.294 e. The summed E-state index contributed by atoms with van der Waals surface area (Å²) in [6.07, 6.45) is -2.99. The molecule has 0 aromatic heterocycles. The molecule has 15 heavy (non-hydrogen) atoms. The van der Waals surface area contributed by atoms with E-state index in [1.807, 2.05) is 0 Å². The van der Waals surface area contributed by atoms with Gasteiger partial charge in [0, 0.05) is 12.3 Å². The van der Waals surface area contributed by atoms with Gasteiger partial charge in [0.1, 0.15) is 5.82 Å². The minimum absolute atomic E-state index is 0.0389. The van der Waals surface area contributed by atoms with E-state index in [4.69, 9.17) is 11.6 Å². The standard InChI is InChI=1S/C10H8ClF3O/c11-5-4-8(15)6-2-1-3-7(9(6)12)10(13)14/h1-3,10H,4-5H2. The highest BCUT2D eigenvalue weighted by Crippen LogP contribution is 2.24. The molecule has 0 unspecified atom stereocenters. The molecule has 0 fully saturated rings. The van der Waals surface area contributed by atoms with Crippen LogP contribution in [0.25, 0.3) is 0 Å². The van der Waals surface area contributed by atoms with Crippen molar-refractivity contribution in [1.82, 2.24) is 0 Å². The molecular formula is C10H8ClF3O. The molecule has 1 nitrogen and oxygen atoms in total. The zero-order valence-corrected chi connectivity index (χ0v) is 8.40. The van der Waals surface area contributed by atoms with Gasteiger partial charge in [0.15, 0.2) is 5.78 Å². The van der Waals surface area contributed by atoms with Crippen LogP contribution in [0.4, 0.5) is 13.2 Å². The molecule has 0 aliphatic heterocycles. The lowest BCUT2D eigenvalue weighted by Crippen LogP contribution is -2.05. The number of benzene rings is 1. The van der Waals surface area contributed by atoms with Crippen LogP contribution in [0.2, 0.25) is 0 Å². The predicted molar refractivity (Wildman–Crippen MR) is 51.0 cm³/mol. The molecule has 1 aromatic carbocycles. The van der Waals surface area contributed by atoms with Crippen molar-refractivity contribution in [1.29, 1.82) is 0 Å². The maximum absolute atomic E-state index is 13.4. The summed E-state index contributed by atoms with van der Waals surface area (Å²) >= 11 is 5.31. The summed E-state index contributed by atoms with van der Waals surface area (Å²) in [5.41, 5.74) is -1.08. The van der Waals surface area contributed by atoms with Crippen molar-refractivity contribution in [3.05, 3.63) is 35.1 Å². The molecular weight excluding hydrogens is 229 g/mol. The van der Waals surface area contributed by atoms with E-state index in [1.165, 1.54) is 12.1 Å². The second-order valence-corrected chi connectivity index (χ2v) is 3.25. The van der Waals surface area contributed by atoms with Gasteiger partial charge in [-0.3, -0.25) is 4.79 Å². The fraction of sp³-hybridized carbons (Fsp3) is 0.300. The van der Waals surface area contributed by atoms with Crippen LogP contribution in [0, 0.1) is 5.82 Å².